The average Bonchev–Trinajstić information content (AvgIpc) is 3.35. The highest BCUT2D eigenvalue weighted by molar-refractivity contribution is 7.47. The van der Waals surface area contributed by atoms with E-state index < -0.39 is 20.0 Å². The van der Waals surface area contributed by atoms with Crippen molar-refractivity contribution in [3.8, 4) is 0 Å². The molecular formula is C63H112N2O7P+. The fourth-order valence-electron chi connectivity index (χ4n) is 7.96. The maximum Gasteiger partial charge on any atom is 0.472 e. The number of hydrogen-bond acceptors (Lipinski definition) is 6. The van der Waals surface area contributed by atoms with Crippen molar-refractivity contribution < 1.29 is 37.3 Å². The maximum atomic E-state index is 13.5. The second-order valence-corrected chi connectivity index (χ2v) is 22.3. The second kappa shape index (κ2) is 52.4. The van der Waals surface area contributed by atoms with E-state index in [-0.39, 0.29) is 37.9 Å². The number of hydrogen-bond donors (Lipinski definition) is 2. The Morgan fingerprint density at radius 2 is 0.918 bits per heavy atom. The van der Waals surface area contributed by atoms with Gasteiger partial charge in [-0.2, -0.15) is 0 Å². The van der Waals surface area contributed by atoms with Crippen molar-refractivity contribution in [3.05, 3.63) is 97.2 Å². The molecule has 420 valence electrons. The summed E-state index contributed by atoms with van der Waals surface area (Å²) in [7, 11) is 1.45. The van der Waals surface area contributed by atoms with Crippen LogP contribution in [0.4, 0.5) is 0 Å². The quantitative estimate of drug-likeness (QED) is 0.0156. The van der Waals surface area contributed by atoms with E-state index in [2.05, 4.69) is 111 Å². The molecule has 10 heteroatoms. The Bertz CT molecular complexity index is 1570. The number of phosphoric ester groups is 1. The molecule has 0 aliphatic carbocycles. The minimum absolute atomic E-state index is 0.0251. The summed E-state index contributed by atoms with van der Waals surface area (Å²) in [6.45, 7) is 6.83. The van der Waals surface area contributed by atoms with Gasteiger partial charge in [0, 0.05) is 12.8 Å². The lowest BCUT2D eigenvalue weighted by Crippen LogP contribution is -2.47. The van der Waals surface area contributed by atoms with E-state index in [4.69, 9.17) is 13.8 Å². The Hall–Kier alpha value is -3.07. The van der Waals surface area contributed by atoms with Gasteiger partial charge in [-0.1, -0.05) is 221 Å². The molecule has 3 atom stereocenters. The average molecular weight is 1040 g/mol. The topological polar surface area (TPSA) is 111 Å². The van der Waals surface area contributed by atoms with E-state index >= 15 is 0 Å². The summed E-state index contributed by atoms with van der Waals surface area (Å²) < 4.78 is 30.6. The van der Waals surface area contributed by atoms with Gasteiger partial charge < -0.3 is 19.4 Å². The molecule has 0 aromatic carbocycles. The first kappa shape index (κ1) is 69.9. The number of amides is 1. The number of ether oxygens (including phenoxy) is 1. The van der Waals surface area contributed by atoms with Crippen molar-refractivity contribution >= 4 is 19.7 Å². The summed E-state index contributed by atoms with van der Waals surface area (Å²) >= 11 is 0. The van der Waals surface area contributed by atoms with Crippen LogP contribution in [0, 0.1) is 0 Å². The van der Waals surface area contributed by atoms with Crippen LogP contribution in [0.15, 0.2) is 97.2 Å². The van der Waals surface area contributed by atoms with Crippen molar-refractivity contribution in [2.45, 2.75) is 251 Å². The molecule has 0 bridgehead atoms. The van der Waals surface area contributed by atoms with Crippen LogP contribution >= 0.6 is 7.82 Å². The lowest BCUT2D eigenvalue weighted by atomic mass is 10.1. The van der Waals surface area contributed by atoms with Crippen molar-refractivity contribution in [1.29, 1.82) is 0 Å². The smallest absolute Gasteiger partial charge is 0.456 e. The van der Waals surface area contributed by atoms with E-state index in [9.17, 15) is 19.0 Å². The Morgan fingerprint density at radius 1 is 0.507 bits per heavy atom. The number of carbonyl (C=O) groups is 2. The minimum atomic E-state index is -4.47. The molecule has 1 amide bonds. The highest BCUT2D eigenvalue weighted by atomic mass is 31.2. The monoisotopic (exact) mass is 1040 g/mol. The summed E-state index contributed by atoms with van der Waals surface area (Å²) in [6, 6.07) is -0.881. The summed E-state index contributed by atoms with van der Waals surface area (Å²) in [4.78, 5) is 37.6. The van der Waals surface area contributed by atoms with Crippen LogP contribution in [0.2, 0.25) is 0 Å². The van der Waals surface area contributed by atoms with E-state index in [0.29, 0.717) is 23.9 Å². The number of allylic oxidation sites excluding steroid dienone is 15. The molecule has 0 saturated carbocycles. The van der Waals surface area contributed by atoms with Crippen LogP contribution in [0.3, 0.4) is 0 Å². The molecule has 9 nitrogen and oxygen atoms in total. The van der Waals surface area contributed by atoms with Crippen LogP contribution < -0.4 is 5.32 Å². The van der Waals surface area contributed by atoms with Gasteiger partial charge in [0.15, 0.2) is 0 Å². The summed E-state index contributed by atoms with van der Waals surface area (Å²) in [5.74, 6) is -0.579. The van der Waals surface area contributed by atoms with Crippen LogP contribution in [0.25, 0.3) is 0 Å². The minimum Gasteiger partial charge on any atom is -0.456 e. The van der Waals surface area contributed by atoms with Gasteiger partial charge in [-0.05, 0) is 102 Å². The Labute approximate surface area is 449 Å². The zero-order chi connectivity index (χ0) is 53.6. The highest BCUT2D eigenvalue weighted by Gasteiger charge is 2.30. The zero-order valence-corrected chi connectivity index (χ0v) is 48.7. The predicted molar refractivity (Wildman–Crippen MR) is 314 cm³/mol. The predicted octanol–water partition coefficient (Wildman–Crippen LogP) is 18.0. The van der Waals surface area contributed by atoms with Gasteiger partial charge in [0.05, 0.1) is 33.8 Å². The van der Waals surface area contributed by atoms with Gasteiger partial charge in [0.25, 0.3) is 0 Å². The number of likely N-dealkylation sites (N-methyl/N-ethyl adjacent to an activating group) is 1. The Balaban J connectivity index is 5.43. The first-order valence-corrected chi connectivity index (χ1v) is 31.1. The van der Waals surface area contributed by atoms with Crippen molar-refractivity contribution in [2.75, 3.05) is 40.9 Å². The molecule has 0 fully saturated rings. The first-order valence-electron chi connectivity index (χ1n) is 29.6. The number of rotatable bonds is 52. The molecule has 3 unspecified atom stereocenters. The number of esters is 1. The molecule has 0 aromatic rings. The normalized spacial score (nSPS) is 14.5. The Kier molecular flexibility index (Phi) is 50.2. The molecule has 0 aliphatic rings. The number of unbranched alkanes of at least 4 members (excludes halogenated alkanes) is 23. The summed E-state index contributed by atoms with van der Waals surface area (Å²) in [5.41, 5.74) is 0. The number of quaternary nitrogens is 1. The van der Waals surface area contributed by atoms with Crippen molar-refractivity contribution in [2.24, 2.45) is 0 Å². The molecule has 0 aliphatic heterocycles. The molecule has 2 N–H and O–H groups in total. The highest BCUT2D eigenvalue weighted by Crippen LogP contribution is 2.43. The van der Waals surface area contributed by atoms with E-state index in [1.165, 1.54) is 96.3 Å². The van der Waals surface area contributed by atoms with E-state index in [0.717, 1.165) is 96.3 Å². The van der Waals surface area contributed by atoms with Crippen molar-refractivity contribution in [1.82, 2.24) is 5.32 Å². The molecule has 0 heterocycles. The lowest BCUT2D eigenvalue weighted by molar-refractivity contribution is -0.870. The Morgan fingerprint density at radius 3 is 1.40 bits per heavy atom. The van der Waals surface area contributed by atoms with Gasteiger partial charge in [-0.25, -0.2) is 4.57 Å². The third kappa shape index (κ3) is 53.6. The van der Waals surface area contributed by atoms with Gasteiger partial charge in [-0.15, -0.1) is 0 Å². The van der Waals surface area contributed by atoms with Crippen LogP contribution in [0.1, 0.15) is 239 Å². The largest absolute Gasteiger partial charge is 0.472 e. The molecule has 0 radical (unpaired) electrons. The van der Waals surface area contributed by atoms with Crippen LogP contribution in [0.5, 0.6) is 0 Å². The number of nitrogens with zero attached hydrogens (tertiary/aromatic N) is 1. The van der Waals surface area contributed by atoms with Gasteiger partial charge >= 0.3 is 13.8 Å². The van der Waals surface area contributed by atoms with Gasteiger partial charge in [0.1, 0.15) is 19.3 Å². The van der Waals surface area contributed by atoms with Gasteiger partial charge in [-0.3, -0.25) is 18.6 Å². The van der Waals surface area contributed by atoms with Crippen molar-refractivity contribution in [3.63, 3.8) is 0 Å². The van der Waals surface area contributed by atoms with Crippen LogP contribution in [-0.4, -0.2) is 74.3 Å². The second-order valence-electron chi connectivity index (χ2n) is 20.8. The number of phosphoric acid groups is 1. The zero-order valence-electron chi connectivity index (χ0n) is 47.8. The first-order chi connectivity index (χ1) is 35.4. The standard InChI is InChI=1S/C63H111N2O7P/c1-7-10-13-16-19-22-25-28-30-32-33-34-36-38-41-44-47-50-53-56-63(67)72-61(54-51-48-45-42-39-27-24-21-18-15-12-9-3)60(59-71-73(68,69)70-58-57-65(4,5)6)64-62(66)55-52-49-46-43-40-37-35-31-29-26-23-20-17-14-11-8-2/h10,13,19,22,28,30-31,33-35,37-38,40-41,51,54,60-61H,7-9,11-12,14-18,20-21,23-27,29,32,36,39,42-50,52-53,55-59H2,1-6H3,(H-,64,66,68,69)/p+1/b13-10-,22-19-,30-28-,34-33-,35-31+,40-37+,41-38-,54-51+. The lowest BCUT2D eigenvalue weighted by Gasteiger charge is -2.27. The molecule has 73 heavy (non-hydrogen) atoms. The fourth-order valence-corrected chi connectivity index (χ4v) is 8.69. The molecule has 0 spiro atoms. The SMILES string of the molecule is CC/C=C\C/C=C\C/C=C\C/C=C\C/C=C\CCCCCC(=O)OC(/C=C/CCCCCCCCCCCC)C(COP(=O)(O)OCC[N+](C)(C)C)NC(=O)CCCCC/C=C/C=C/CCCCCCCCC. The van der Waals surface area contributed by atoms with E-state index in [1.807, 2.05) is 33.3 Å². The molecule has 0 aromatic heterocycles. The van der Waals surface area contributed by atoms with Gasteiger partial charge in [0.2, 0.25) is 5.91 Å². The van der Waals surface area contributed by atoms with Crippen LogP contribution in [-0.2, 0) is 27.9 Å². The van der Waals surface area contributed by atoms with E-state index in [1.54, 1.807) is 0 Å². The molecular weight excluding hydrogens is 928 g/mol. The third-order valence-corrected chi connectivity index (χ3v) is 13.5. The fraction of sp³-hybridized carbons (Fsp3) is 0.714. The number of nitrogens with one attached hydrogen (secondary N) is 1. The third-order valence-electron chi connectivity index (χ3n) is 12.5. The summed E-state index contributed by atoms with van der Waals surface area (Å²) in [6.07, 6.45) is 69.8. The summed E-state index contributed by atoms with van der Waals surface area (Å²) in [5, 5.41) is 3.02. The number of carbonyl (C=O) groups excluding carboxylic acids is 2. The maximum absolute atomic E-state index is 13.5. The molecule has 0 rings (SSSR count). The molecule has 0 saturated heterocycles.